The molecule has 1 aromatic carbocycles. The van der Waals surface area contributed by atoms with Crippen LogP contribution in [0.5, 0.6) is 5.75 Å². The van der Waals surface area contributed by atoms with Gasteiger partial charge in [-0.3, -0.25) is 0 Å². The molecule has 1 aliphatic heterocycles. The zero-order chi connectivity index (χ0) is 22.7. The molecule has 2 N–H and O–H groups in total. The van der Waals surface area contributed by atoms with Crippen molar-refractivity contribution in [3.05, 3.63) is 28.3 Å². The van der Waals surface area contributed by atoms with Crippen LogP contribution in [-0.4, -0.2) is 10.6 Å². The number of hydrogen-bond acceptors (Lipinski definition) is 2. The lowest BCUT2D eigenvalue weighted by Crippen LogP contribution is -2.35. The summed E-state index contributed by atoms with van der Waals surface area (Å²) in [5, 5.41) is 14.2. The van der Waals surface area contributed by atoms with Gasteiger partial charge in [0, 0.05) is 16.8 Å². The first-order valence-electron chi connectivity index (χ1n) is 13.2. The lowest BCUT2D eigenvalue weighted by atomic mass is 9.85. The topological polar surface area (TPSA) is 32.3 Å². The molecule has 1 heterocycles. The summed E-state index contributed by atoms with van der Waals surface area (Å²) < 4.78 is 0. The molecular formula is C29H49NO. The van der Waals surface area contributed by atoms with E-state index in [-0.39, 0.29) is 5.54 Å². The fraction of sp³-hybridized carbons (Fsp3) is 0.724. The highest BCUT2D eigenvalue weighted by Gasteiger charge is 2.27. The first kappa shape index (κ1) is 25.8. The molecule has 0 spiro atoms. The summed E-state index contributed by atoms with van der Waals surface area (Å²) in [5.74, 6) is 0.443. The maximum Gasteiger partial charge on any atom is 0.122 e. The second kappa shape index (κ2) is 13.2. The fourth-order valence-corrected chi connectivity index (χ4v) is 4.96. The Hall–Kier alpha value is -1.44. The molecule has 1 aromatic rings. The van der Waals surface area contributed by atoms with E-state index in [2.05, 4.69) is 38.2 Å². The van der Waals surface area contributed by atoms with Crippen LogP contribution in [0.4, 0.5) is 5.69 Å². The lowest BCUT2D eigenvalue weighted by Gasteiger charge is -2.35. The third-order valence-corrected chi connectivity index (χ3v) is 7.40. The zero-order valence-electron chi connectivity index (χ0n) is 21.2. The quantitative estimate of drug-likeness (QED) is 0.216. The molecule has 2 nitrogen and oxygen atoms in total. The molecule has 2 rings (SSSR count). The van der Waals surface area contributed by atoms with Crippen molar-refractivity contribution in [3.63, 3.8) is 0 Å². The van der Waals surface area contributed by atoms with Crippen molar-refractivity contribution in [3.8, 4) is 5.75 Å². The molecule has 0 saturated carbocycles. The van der Waals surface area contributed by atoms with E-state index in [0.29, 0.717) is 5.75 Å². The van der Waals surface area contributed by atoms with Gasteiger partial charge in [0.2, 0.25) is 0 Å². The number of phenolic OH excluding ortho intramolecular Hbond substituents is 1. The van der Waals surface area contributed by atoms with Crippen LogP contribution < -0.4 is 5.32 Å². The van der Waals surface area contributed by atoms with Gasteiger partial charge >= 0.3 is 0 Å². The Balaban J connectivity index is 1.58. The largest absolute Gasteiger partial charge is 0.507 e. The molecule has 0 fully saturated rings. The number of aromatic hydroxyl groups is 1. The Labute approximate surface area is 192 Å². The van der Waals surface area contributed by atoms with Crippen LogP contribution in [0.3, 0.4) is 0 Å². The van der Waals surface area contributed by atoms with Crippen molar-refractivity contribution in [1.82, 2.24) is 0 Å². The smallest absolute Gasteiger partial charge is 0.122 e. The summed E-state index contributed by atoms with van der Waals surface area (Å²) in [7, 11) is 0. The number of rotatable bonds is 15. The molecule has 1 unspecified atom stereocenters. The van der Waals surface area contributed by atoms with Crippen LogP contribution >= 0.6 is 0 Å². The minimum Gasteiger partial charge on any atom is -0.507 e. The summed E-state index contributed by atoms with van der Waals surface area (Å²) >= 11 is 0. The predicted octanol–water partition coefficient (Wildman–Crippen LogP) is 9.39. The number of phenols is 1. The second-order valence-corrected chi connectivity index (χ2v) is 10.2. The average Bonchev–Trinajstić information content (AvgIpc) is 2.76. The van der Waals surface area contributed by atoms with Crippen LogP contribution in [0.15, 0.2) is 6.08 Å². The number of anilines is 1. The highest BCUT2D eigenvalue weighted by Crippen LogP contribution is 2.41. The van der Waals surface area contributed by atoms with Gasteiger partial charge in [0.15, 0.2) is 0 Å². The number of benzene rings is 1. The van der Waals surface area contributed by atoms with Crippen molar-refractivity contribution in [2.75, 3.05) is 5.32 Å². The van der Waals surface area contributed by atoms with E-state index in [1.165, 1.54) is 108 Å². The van der Waals surface area contributed by atoms with E-state index in [1.54, 1.807) is 0 Å². The first-order chi connectivity index (χ1) is 14.9. The molecule has 176 valence electrons. The first-order valence-corrected chi connectivity index (χ1v) is 13.2. The van der Waals surface area contributed by atoms with Gasteiger partial charge in [-0.05, 0) is 45.2 Å². The van der Waals surface area contributed by atoms with E-state index >= 15 is 0 Å². The molecule has 0 aromatic heterocycles. The Morgan fingerprint density at radius 3 is 1.71 bits per heavy atom. The van der Waals surface area contributed by atoms with E-state index in [1.807, 2.05) is 13.8 Å². The molecule has 0 aliphatic carbocycles. The molecular weight excluding hydrogens is 378 g/mol. The number of nitrogens with one attached hydrogen (secondary N) is 1. The van der Waals surface area contributed by atoms with Crippen molar-refractivity contribution in [2.24, 2.45) is 0 Å². The van der Waals surface area contributed by atoms with Gasteiger partial charge in [-0.2, -0.15) is 0 Å². The highest BCUT2D eigenvalue weighted by molar-refractivity contribution is 5.80. The third-order valence-electron chi connectivity index (χ3n) is 7.40. The molecule has 0 amide bonds. The highest BCUT2D eigenvalue weighted by atomic mass is 16.3. The molecule has 0 bridgehead atoms. The Bertz CT molecular complexity index is 705. The zero-order valence-corrected chi connectivity index (χ0v) is 21.2. The maximum atomic E-state index is 10.4. The van der Waals surface area contributed by atoms with Crippen LogP contribution in [0.1, 0.15) is 132 Å². The summed E-state index contributed by atoms with van der Waals surface area (Å²) in [6.45, 7) is 10.8. The van der Waals surface area contributed by atoms with Gasteiger partial charge in [0.1, 0.15) is 5.75 Å². The van der Waals surface area contributed by atoms with E-state index in [0.717, 1.165) is 16.7 Å². The van der Waals surface area contributed by atoms with Gasteiger partial charge in [0.25, 0.3) is 0 Å². The standard InChI is InChI=1S/C29H49NO/c1-6-7-8-9-10-11-12-13-14-15-16-17-18-19-21-29(5)22-20-26-25(4)28(31)24(3)23(2)27(26)30-29/h20,22,30-31H,6-19,21H2,1-5H3. The van der Waals surface area contributed by atoms with Crippen molar-refractivity contribution in [2.45, 2.75) is 136 Å². The summed E-state index contributed by atoms with van der Waals surface area (Å²) in [6.07, 6.45) is 25.4. The van der Waals surface area contributed by atoms with Gasteiger partial charge in [0.05, 0.1) is 5.54 Å². The average molecular weight is 428 g/mol. The van der Waals surface area contributed by atoms with E-state index in [4.69, 9.17) is 0 Å². The monoisotopic (exact) mass is 427 g/mol. The number of fused-ring (bicyclic) bond motifs is 1. The molecule has 1 aliphatic rings. The maximum absolute atomic E-state index is 10.4. The van der Waals surface area contributed by atoms with Crippen LogP contribution in [0, 0.1) is 20.8 Å². The van der Waals surface area contributed by atoms with Gasteiger partial charge < -0.3 is 10.4 Å². The van der Waals surface area contributed by atoms with Gasteiger partial charge in [-0.15, -0.1) is 0 Å². The minimum atomic E-state index is 0.0186. The molecule has 31 heavy (non-hydrogen) atoms. The molecule has 1 atom stereocenters. The van der Waals surface area contributed by atoms with Crippen molar-refractivity contribution < 1.29 is 5.11 Å². The van der Waals surface area contributed by atoms with E-state index in [9.17, 15) is 5.11 Å². The summed E-state index contributed by atoms with van der Waals surface area (Å²) in [4.78, 5) is 0. The SMILES string of the molecule is CCCCCCCCCCCCCCCCC1(C)C=Cc2c(C)c(O)c(C)c(C)c2N1. The molecule has 0 saturated heterocycles. The van der Waals surface area contributed by atoms with Crippen molar-refractivity contribution in [1.29, 1.82) is 0 Å². The Morgan fingerprint density at radius 2 is 1.19 bits per heavy atom. The fourth-order valence-electron chi connectivity index (χ4n) is 4.96. The van der Waals surface area contributed by atoms with Crippen LogP contribution in [-0.2, 0) is 0 Å². The van der Waals surface area contributed by atoms with Crippen LogP contribution in [0.25, 0.3) is 6.08 Å². The Morgan fingerprint density at radius 1 is 0.710 bits per heavy atom. The van der Waals surface area contributed by atoms with Gasteiger partial charge in [-0.1, -0.05) is 109 Å². The molecule has 2 heteroatoms. The summed E-state index contributed by atoms with van der Waals surface area (Å²) in [6, 6.07) is 0. The third kappa shape index (κ3) is 7.88. The van der Waals surface area contributed by atoms with E-state index < -0.39 is 0 Å². The normalized spacial score (nSPS) is 17.6. The minimum absolute atomic E-state index is 0.0186. The predicted molar refractivity (Wildman–Crippen MR) is 138 cm³/mol. The van der Waals surface area contributed by atoms with Crippen LogP contribution in [0.2, 0.25) is 0 Å². The van der Waals surface area contributed by atoms with Gasteiger partial charge in [-0.25, -0.2) is 0 Å². The van der Waals surface area contributed by atoms with Crippen molar-refractivity contribution >= 4 is 11.8 Å². The lowest BCUT2D eigenvalue weighted by molar-refractivity contribution is 0.465. The number of hydrogen-bond donors (Lipinski definition) is 2. The molecule has 0 radical (unpaired) electrons. The second-order valence-electron chi connectivity index (χ2n) is 10.2. The number of unbranched alkanes of at least 4 members (excludes halogenated alkanes) is 13. The summed E-state index contributed by atoms with van der Waals surface area (Å²) in [5.41, 5.74) is 5.54. The Kier molecular flexibility index (Phi) is 11.0.